The first-order valence-corrected chi connectivity index (χ1v) is 11.8. The van der Waals surface area contributed by atoms with Crippen molar-refractivity contribution >= 4 is 16.7 Å². The number of para-hydroxylation sites is 1. The second-order valence-corrected chi connectivity index (χ2v) is 10.1. The Labute approximate surface area is 195 Å². The van der Waals surface area contributed by atoms with Crippen LogP contribution in [0.2, 0.25) is 0 Å². The van der Waals surface area contributed by atoms with E-state index in [9.17, 15) is 0 Å². The van der Waals surface area contributed by atoms with Gasteiger partial charge in [0, 0.05) is 38.7 Å². The van der Waals surface area contributed by atoms with Gasteiger partial charge in [-0.05, 0) is 30.0 Å². The number of aryl methyl sites for hydroxylation is 2. The first-order valence-electron chi connectivity index (χ1n) is 11.8. The summed E-state index contributed by atoms with van der Waals surface area (Å²) < 4.78 is 5.78. The Morgan fingerprint density at radius 1 is 0.939 bits per heavy atom. The number of aromatic nitrogens is 3. The number of anilines is 1. The van der Waals surface area contributed by atoms with Gasteiger partial charge in [0.1, 0.15) is 17.1 Å². The average Bonchev–Trinajstić information content (AvgIpc) is 3.36. The van der Waals surface area contributed by atoms with Crippen molar-refractivity contribution in [1.29, 1.82) is 0 Å². The van der Waals surface area contributed by atoms with E-state index in [1.165, 1.54) is 11.3 Å². The summed E-state index contributed by atoms with van der Waals surface area (Å²) in [6, 6.07) is 15.2. The van der Waals surface area contributed by atoms with Crippen LogP contribution in [-0.2, 0) is 12.0 Å². The van der Waals surface area contributed by atoms with Gasteiger partial charge in [0.25, 0.3) is 0 Å². The summed E-state index contributed by atoms with van der Waals surface area (Å²) in [4.78, 5) is 17.8. The first-order chi connectivity index (χ1) is 15.8. The maximum atomic E-state index is 5.78. The highest BCUT2D eigenvalue weighted by molar-refractivity contribution is 5.91. The van der Waals surface area contributed by atoms with E-state index in [4.69, 9.17) is 9.40 Å². The van der Waals surface area contributed by atoms with Gasteiger partial charge in [-0.2, -0.15) is 0 Å². The highest BCUT2D eigenvalue weighted by Gasteiger charge is 2.22. The molecule has 1 fully saturated rings. The molecule has 0 saturated carbocycles. The van der Waals surface area contributed by atoms with Crippen LogP contribution in [0.5, 0.6) is 0 Å². The molecule has 0 unspecified atom stereocenters. The molecule has 0 atom stereocenters. The second-order valence-electron chi connectivity index (χ2n) is 10.1. The third kappa shape index (κ3) is 4.40. The molecule has 5 rings (SSSR count). The Hall–Kier alpha value is -3.12. The monoisotopic (exact) mass is 443 g/mol. The van der Waals surface area contributed by atoms with Crippen molar-refractivity contribution in [3.63, 3.8) is 0 Å². The number of rotatable bonds is 4. The largest absolute Gasteiger partial charge is 0.444 e. The molecule has 1 saturated heterocycles. The number of nitrogens with one attached hydrogen (secondary N) is 1. The summed E-state index contributed by atoms with van der Waals surface area (Å²) in [5, 5.41) is 0. The minimum Gasteiger partial charge on any atom is -0.444 e. The average molecular weight is 444 g/mol. The van der Waals surface area contributed by atoms with E-state index < -0.39 is 0 Å². The lowest BCUT2D eigenvalue weighted by Crippen LogP contribution is -2.46. The van der Waals surface area contributed by atoms with Crippen molar-refractivity contribution < 1.29 is 4.42 Å². The minimum absolute atomic E-state index is 0.146. The highest BCUT2D eigenvalue weighted by Crippen LogP contribution is 2.30. The SMILES string of the molecule is Cc1nc(C)c(CN2CCN(c3cccc4[nH]c(-c5ccc(C(C)(C)C)cc5)nc34)CC2)o1. The molecule has 0 bridgehead atoms. The van der Waals surface area contributed by atoms with E-state index in [1.807, 2.05) is 13.8 Å². The van der Waals surface area contributed by atoms with Gasteiger partial charge in [0.2, 0.25) is 0 Å². The molecule has 0 amide bonds. The van der Waals surface area contributed by atoms with Gasteiger partial charge in [-0.1, -0.05) is 51.1 Å². The number of hydrogen-bond acceptors (Lipinski definition) is 5. The van der Waals surface area contributed by atoms with Gasteiger partial charge in [-0.15, -0.1) is 0 Å². The molecule has 1 aliphatic heterocycles. The van der Waals surface area contributed by atoms with Crippen LogP contribution in [0.25, 0.3) is 22.4 Å². The third-order valence-corrected chi connectivity index (χ3v) is 6.60. The standard InChI is InChI=1S/C27H33N5O/c1-18-24(33-19(2)28-18)17-31-13-15-32(16-14-31)23-8-6-7-22-25(23)30-26(29-22)20-9-11-21(12-10-20)27(3,4)5/h6-12H,13-17H2,1-5H3,(H,29,30). The number of imidazole rings is 1. The molecule has 0 aliphatic carbocycles. The van der Waals surface area contributed by atoms with Gasteiger partial charge in [0.05, 0.1) is 23.4 Å². The van der Waals surface area contributed by atoms with Crippen molar-refractivity contribution in [2.75, 3.05) is 31.1 Å². The lowest BCUT2D eigenvalue weighted by molar-refractivity contribution is 0.228. The van der Waals surface area contributed by atoms with E-state index in [1.54, 1.807) is 0 Å². The van der Waals surface area contributed by atoms with E-state index in [0.717, 1.165) is 72.5 Å². The smallest absolute Gasteiger partial charge is 0.191 e. The number of piperazine rings is 1. The summed E-state index contributed by atoms with van der Waals surface area (Å²) in [5.41, 5.74) is 6.92. The number of aromatic amines is 1. The summed E-state index contributed by atoms with van der Waals surface area (Å²) >= 11 is 0. The zero-order chi connectivity index (χ0) is 23.2. The Morgan fingerprint density at radius 2 is 1.67 bits per heavy atom. The van der Waals surface area contributed by atoms with Crippen molar-refractivity contribution in [1.82, 2.24) is 19.9 Å². The molecule has 2 aromatic heterocycles. The lowest BCUT2D eigenvalue weighted by atomic mass is 9.87. The third-order valence-electron chi connectivity index (χ3n) is 6.60. The van der Waals surface area contributed by atoms with Crippen LogP contribution in [0.4, 0.5) is 5.69 Å². The predicted molar refractivity (Wildman–Crippen MR) is 134 cm³/mol. The maximum Gasteiger partial charge on any atom is 0.191 e. The van der Waals surface area contributed by atoms with Crippen molar-refractivity contribution in [2.24, 2.45) is 0 Å². The van der Waals surface area contributed by atoms with Crippen LogP contribution in [-0.4, -0.2) is 46.0 Å². The van der Waals surface area contributed by atoms with Crippen LogP contribution < -0.4 is 4.90 Å². The van der Waals surface area contributed by atoms with Gasteiger partial charge >= 0.3 is 0 Å². The second kappa shape index (κ2) is 8.34. The Balaban J connectivity index is 1.33. The number of oxazole rings is 1. The van der Waals surface area contributed by atoms with Crippen LogP contribution >= 0.6 is 0 Å². The normalized spacial score (nSPS) is 15.5. The molecule has 3 heterocycles. The molecule has 0 spiro atoms. The Kier molecular flexibility index (Phi) is 5.49. The highest BCUT2D eigenvalue weighted by atomic mass is 16.4. The number of fused-ring (bicyclic) bond motifs is 1. The molecule has 6 nitrogen and oxygen atoms in total. The number of H-pyrrole nitrogens is 1. The molecule has 2 aromatic carbocycles. The molecule has 1 aliphatic rings. The topological polar surface area (TPSA) is 61.2 Å². The molecular weight excluding hydrogens is 410 g/mol. The minimum atomic E-state index is 0.146. The quantitative estimate of drug-likeness (QED) is 0.454. The lowest BCUT2D eigenvalue weighted by Gasteiger charge is -2.35. The molecule has 1 N–H and O–H groups in total. The number of nitrogens with zero attached hydrogens (tertiary/aromatic N) is 4. The van der Waals surface area contributed by atoms with E-state index >= 15 is 0 Å². The molecule has 6 heteroatoms. The predicted octanol–water partition coefficient (Wildman–Crippen LogP) is 5.45. The fraction of sp³-hybridized carbons (Fsp3) is 0.407. The van der Waals surface area contributed by atoms with E-state index in [2.05, 4.69) is 83.0 Å². The molecule has 33 heavy (non-hydrogen) atoms. The zero-order valence-corrected chi connectivity index (χ0v) is 20.3. The van der Waals surface area contributed by atoms with Crippen molar-refractivity contribution in [2.45, 2.75) is 46.6 Å². The molecule has 4 aromatic rings. The van der Waals surface area contributed by atoms with Gasteiger partial charge in [-0.3, -0.25) is 4.90 Å². The fourth-order valence-electron chi connectivity index (χ4n) is 4.61. The molecular formula is C27H33N5O. The molecule has 172 valence electrons. The zero-order valence-electron chi connectivity index (χ0n) is 20.3. The van der Waals surface area contributed by atoms with Crippen molar-refractivity contribution in [3.8, 4) is 11.4 Å². The van der Waals surface area contributed by atoms with Crippen LogP contribution in [0.1, 0.15) is 43.7 Å². The maximum absolute atomic E-state index is 5.78. The van der Waals surface area contributed by atoms with E-state index in [-0.39, 0.29) is 5.41 Å². The van der Waals surface area contributed by atoms with Crippen LogP contribution in [0.15, 0.2) is 46.9 Å². The first kappa shape index (κ1) is 21.7. The Morgan fingerprint density at radius 3 is 2.30 bits per heavy atom. The fourth-order valence-corrected chi connectivity index (χ4v) is 4.61. The number of hydrogen-bond donors (Lipinski definition) is 1. The number of benzene rings is 2. The van der Waals surface area contributed by atoms with Crippen LogP contribution in [0.3, 0.4) is 0 Å². The van der Waals surface area contributed by atoms with E-state index in [0.29, 0.717) is 0 Å². The van der Waals surface area contributed by atoms with Gasteiger partial charge in [0.15, 0.2) is 5.89 Å². The Bertz CT molecular complexity index is 1250. The summed E-state index contributed by atoms with van der Waals surface area (Å²) in [6.07, 6.45) is 0. The summed E-state index contributed by atoms with van der Waals surface area (Å²) in [6.45, 7) is 15.4. The van der Waals surface area contributed by atoms with Crippen molar-refractivity contribution in [3.05, 3.63) is 65.4 Å². The summed E-state index contributed by atoms with van der Waals surface area (Å²) in [7, 11) is 0. The van der Waals surface area contributed by atoms with Gasteiger partial charge in [-0.25, -0.2) is 9.97 Å². The molecule has 0 radical (unpaired) electrons. The summed E-state index contributed by atoms with van der Waals surface area (Å²) in [5.74, 6) is 2.65. The van der Waals surface area contributed by atoms with Gasteiger partial charge < -0.3 is 14.3 Å². The van der Waals surface area contributed by atoms with Crippen LogP contribution in [0, 0.1) is 13.8 Å².